The minimum atomic E-state index is -0.731. The van der Waals surface area contributed by atoms with Crippen LogP contribution in [-0.2, 0) is 27.2 Å². The Morgan fingerprint density at radius 1 is 0.692 bits per heavy atom. The third kappa shape index (κ3) is 4.23. The summed E-state index contributed by atoms with van der Waals surface area (Å²) in [6, 6.07) is 0. The van der Waals surface area contributed by atoms with E-state index in [0.717, 1.165) is 18.3 Å². The van der Waals surface area contributed by atoms with Crippen molar-refractivity contribution in [3.63, 3.8) is 0 Å². The van der Waals surface area contributed by atoms with Gasteiger partial charge in [-0.2, -0.15) is 0 Å². The number of hydrogen-bond donors (Lipinski definition) is 2. The normalized spacial score (nSPS) is 9.92. The highest BCUT2D eigenvalue weighted by molar-refractivity contribution is 4.81. The molecule has 0 aliphatic rings. The summed E-state index contributed by atoms with van der Waals surface area (Å²) in [5.74, 6) is 0. The second kappa shape index (κ2) is 8.41. The topological polar surface area (TPSA) is 154 Å². The van der Waals surface area contributed by atoms with Gasteiger partial charge >= 0.3 is 34.1 Å². The molecule has 0 saturated heterocycles. The lowest BCUT2D eigenvalue weighted by Crippen LogP contribution is -2.49. The zero-order valence-corrected chi connectivity index (χ0v) is 14.2. The molecule has 0 radical (unpaired) electrons. The van der Waals surface area contributed by atoms with Gasteiger partial charge in [0.25, 0.3) is 0 Å². The second-order valence-electron chi connectivity index (χ2n) is 4.95. The van der Waals surface area contributed by atoms with Crippen molar-refractivity contribution in [3.8, 4) is 0 Å². The van der Waals surface area contributed by atoms with Crippen LogP contribution in [0.2, 0.25) is 0 Å². The van der Waals surface area contributed by atoms with Crippen LogP contribution in [0, 0.1) is 0 Å². The van der Waals surface area contributed by atoms with Gasteiger partial charge in [-0.15, -0.1) is 13.2 Å². The van der Waals surface area contributed by atoms with Crippen LogP contribution in [0.3, 0.4) is 0 Å². The largest absolute Gasteiger partial charge is 0.336 e. The third-order valence-corrected chi connectivity index (χ3v) is 3.19. The van der Waals surface area contributed by atoms with Crippen molar-refractivity contribution in [3.05, 3.63) is 88.2 Å². The maximum atomic E-state index is 11.6. The van der Waals surface area contributed by atoms with Crippen molar-refractivity contribution < 1.29 is 0 Å². The van der Waals surface area contributed by atoms with Crippen LogP contribution < -0.4 is 34.1 Å². The molecule has 0 aliphatic heterocycles. The molecule has 0 saturated carbocycles. The number of nitrogens with zero attached hydrogens (tertiary/aromatic N) is 4. The zero-order chi connectivity index (χ0) is 20.0. The van der Waals surface area contributed by atoms with Crippen LogP contribution >= 0.6 is 0 Å². The van der Waals surface area contributed by atoms with E-state index in [4.69, 9.17) is 0 Å². The second-order valence-corrected chi connectivity index (χ2v) is 4.95. The summed E-state index contributed by atoms with van der Waals surface area (Å²) < 4.78 is 3.42. The molecule has 2 N–H and O–H groups in total. The van der Waals surface area contributed by atoms with Gasteiger partial charge in [-0.05, 0) is 0 Å². The molecule has 140 valence electrons. The molecule has 12 heteroatoms. The molecule has 0 amide bonds. The molecule has 2 aromatic rings. The summed E-state index contributed by atoms with van der Waals surface area (Å²) in [7, 11) is 2.58. The van der Waals surface area contributed by atoms with Crippen LogP contribution in [0.4, 0.5) is 0 Å². The standard InChI is InChI=1S/C9H11N3O3.C5H7N3O3/c1-3-5-11-7(13)10-8(14)12(6-4-2)9(11)15;1-7-3(9)6-4(10)8(2)5(7)11/h3-4H,1-2,5-6H2,(H,10,13,14);1-2H3,(H,6,9,10). The van der Waals surface area contributed by atoms with Crippen molar-refractivity contribution in [1.82, 2.24) is 28.2 Å². The van der Waals surface area contributed by atoms with Gasteiger partial charge < -0.3 is 0 Å². The van der Waals surface area contributed by atoms with Crippen LogP contribution in [0.15, 0.2) is 54.1 Å². The maximum Gasteiger partial charge on any atom is 0.336 e. The van der Waals surface area contributed by atoms with Crippen LogP contribution in [-0.4, -0.2) is 28.2 Å². The van der Waals surface area contributed by atoms with Crippen LogP contribution in [0.25, 0.3) is 0 Å². The van der Waals surface area contributed by atoms with Gasteiger partial charge in [0.2, 0.25) is 0 Å². The molecule has 0 aromatic carbocycles. The highest BCUT2D eigenvalue weighted by Gasteiger charge is 2.06. The minimum absolute atomic E-state index is 0.0611. The molecule has 0 unspecified atom stereocenters. The lowest BCUT2D eigenvalue weighted by atomic mass is 10.6. The fourth-order valence-electron chi connectivity index (χ4n) is 1.78. The van der Waals surface area contributed by atoms with E-state index in [1.165, 1.54) is 26.2 Å². The SMILES string of the molecule is C=CCn1c(=O)[nH]c(=O)n(CC=C)c1=O.Cn1c(=O)[nH]c(=O)n(C)c1=O. The Kier molecular flexibility index (Phi) is 6.58. The van der Waals surface area contributed by atoms with Crippen molar-refractivity contribution in [2.75, 3.05) is 0 Å². The maximum absolute atomic E-state index is 11.6. The van der Waals surface area contributed by atoms with E-state index in [-0.39, 0.29) is 13.1 Å². The molecule has 2 heterocycles. The van der Waals surface area contributed by atoms with E-state index in [1.807, 2.05) is 9.97 Å². The Bertz CT molecular complexity index is 1090. The van der Waals surface area contributed by atoms with Gasteiger partial charge in [0, 0.05) is 14.1 Å². The number of rotatable bonds is 4. The molecule has 0 atom stereocenters. The monoisotopic (exact) mass is 366 g/mol. The lowest BCUT2D eigenvalue weighted by Gasteiger charge is -2.04. The van der Waals surface area contributed by atoms with Gasteiger partial charge in [-0.25, -0.2) is 47.0 Å². The lowest BCUT2D eigenvalue weighted by molar-refractivity contribution is 0.570. The highest BCUT2D eigenvalue weighted by Crippen LogP contribution is 1.73. The molecular weight excluding hydrogens is 348 g/mol. The van der Waals surface area contributed by atoms with E-state index in [0.29, 0.717) is 0 Å². The molecule has 0 bridgehead atoms. The summed E-state index contributed by atoms with van der Waals surface area (Å²) >= 11 is 0. The Morgan fingerprint density at radius 2 is 1.04 bits per heavy atom. The molecular formula is C14H18N6O6. The first-order chi connectivity index (χ1) is 12.1. The van der Waals surface area contributed by atoms with Crippen molar-refractivity contribution in [2.24, 2.45) is 14.1 Å². The zero-order valence-electron chi connectivity index (χ0n) is 14.2. The minimum Gasteiger partial charge on any atom is -0.259 e. The number of allylic oxidation sites excluding steroid dienone is 2. The summed E-state index contributed by atoms with van der Waals surface area (Å²) in [4.78, 5) is 70.4. The molecule has 2 aromatic heterocycles. The average molecular weight is 366 g/mol. The van der Waals surface area contributed by atoms with Crippen LogP contribution in [0.5, 0.6) is 0 Å². The van der Waals surface area contributed by atoms with Crippen LogP contribution in [0.1, 0.15) is 0 Å². The van der Waals surface area contributed by atoms with E-state index in [9.17, 15) is 28.8 Å². The van der Waals surface area contributed by atoms with E-state index >= 15 is 0 Å². The smallest absolute Gasteiger partial charge is 0.259 e. The van der Waals surface area contributed by atoms with Gasteiger partial charge in [-0.1, -0.05) is 12.2 Å². The number of aromatic amines is 2. The predicted molar refractivity (Wildman–Crippen MR) is 93.5 cm³/mol. The summed E-state index contributed by atoms with van der Waals surface area (Å²) in [5.41, 5.74) is -4.14. The van der Waals surface area contributed by atoms with E-state index in [2.05, 4.69) is 13.2 Å². The Hall–Kier alpha value is -3.70. The highest BCUT2D eigenvalue weighted by atomic mass is 16.2. The van der Waals surface area contributed by atoms with Crippen molar-refractivity contribution in [1.29, 1.82) is 0 Å². The average Bonchev–Trinajstić information content (AvgIpc) is 2.59. The van der Waals surface area contributed by atoms with Gasteiger partial charge in [0.15, 0.2) is 0 Å². The fourth-order valence-corrected chi connectivity index (χ4v) is 1.78. The summed E-state index contributed by atoms with van der Waals surface area (Å²) in [6.45, 7) is 6.95. The molecule has 0 fully saturated rings. The van der Waals surface area contributed by atoms with Crippen molar-refractivity contribution in [2.45, 2.75) is 13.1 Å². The Balaban J connectivity index is 0.000000273. The van der Waals surface area contributed by atoms with E-state index in [1.54, 1.807) is 0 Å². The Labute approximate surface area is 144 Å². The molecule has 0 spiro atoms. The first kappa shape index (κ1) is 20.3. The molecule has 26 heavy (non-hydrogen) atoms. The molecule has 0 aliphatic carbocycles. The van der Waals surface area contributed by atoms with Gasteiger partial charge in [0.1, 0.15) is 0 Å². The van der Waals surface area contributed by atoms with E-state index < -0.39 is 34.1 Å². The number of hydrogen-bond acceptors (Lipinski definition) is 6. The first-order valence-electron chi connectivity index (χ1n) is 7.17. The summed E-state index contributed by atoms with van der Waals surface area (Å²) in [6.07, 6.45) is 2.80. The van der Waals surface area contributed by atoms with Gasteiger partial charge in [-0.3, -0.25) is 9.97 Å². The third-order valence-electron chi connectivity index (χ3n) is 3.19. The fraction of sp³-hybridized carbons (Fsp3) is 0.286. The quantitative estimate of drug-likeness (QED) is 0.545. The first-order valence-corrected chi connectivity index (χ1v) is 7.17. The number of aromatic nitrogens is 6. The molecule has 12 nitrogen and oxygen atoms in total. The van der Waals surface area contributed by atoms with Crippen molar-refractivity contribution >= 4 is 0 Å². The number of nitrogens with one attached hydrogen (secondary N) is 2. The molecule has 2 rings (SSSR count). The predicted octanol–water partition coefficient (Wildman–Crippen LogP) is -3.16. The van der Waals surface area contributed by atoms with Gasteiger partial charge in [0.05, 0.1) is 13.1 Å². The summed E-state index contributed by atoms with van der Waals surface area (Å²) in [5, 5.41) is 0. The Morgan fingerprint density at radius 3 is 1.38 bits per heavy atom. The number of H-pyrrole nitrogens is 2.